The zero-order chi connectivity index (χ0) is 29.6. The number of hydrogen-bond acceptors (Lipinski definition) is 7. The first-order valence-corrected chi connectivity index (χ1v) is 14.3. The smallest absolute Gasteiger partial charge is 0.343 e. The van der Waals surface area contributed by atoms with Crippen LogP contribution in [0.25, 0.3) is 11.1 Å². The molecule has 0 bridgehead atoms. The first-order chi connectivity index (χ1) is 19.8. The van der Waals surface area contributed by atoms with Gasteiger partial charge in [0.15, 0.2) is 5.75 Å². The summed E-state index contributed by atoms with van der Waals surface area (Å²) in [5, 5.41) is 11.5. The van der Waals surface area contributed by atoms with Crippen molar-refractivity contribution in [3.8, 4) is 22.6 Å². The zero-order valence-corrected chi connectivity index (χ0v) is 24.1. The minimum atomic E-state index is -0.710. The minimum Gasteiger partial charge on any atom is -0.487 e. The van der Waals surface area contributed by atoms with E-state index in [0.717, 1.165) is 30.4 Å². The van der Waals surface area contributed by atoms with Gasteiger partial charge in [-0.15, -0.1) is 0 Å². The standard InChI is InChI=1S/C33H39NO7/c1-4-6-7-8-9-10-21-39-32(35)27-13-11-25(12-14-27)26-15-18-29(19-16-26)41-33(36)28-17-20-31(30(22-28)34(37)38)40-23-24(3)5-2/h11-20,22,24H,4-10,21,23H2,1-3H3/t24-/m0/s1. The second-order valence-corrected chi connectivity index (χ2v) is 10.2. The van der Waals surface area contributed by atoms with Crippen molar-refractivity contribution < 1.29 is 28.7 Å². The lowest BCUT2D eigenvalue weighted by atomic mass is 10.0. The third kappa shape index (κ3) is 9.74. The number of ether oxygens (including phenoxy) is 3. The maximum atomic E-state index is 12.7. The molecule has 0 aliphatic rings. The van der Waals surface area contributed by atoms with Gasteiger partial charge in [-0.25, -0.2) is 9.59 Å². The van der Waals surface area contributed by atoms with Crippen molar-refractivity contribution >= 4 is 17.6 Å². The fraction of sp³-hybridized carbons (Fsp3) is 0.394. The van der Waals surface area contributed by atoms with E-state index < -0.39 is 10.9 Å². The highest BCUT2D eigenvalue weighted by Crippen LogP contribution is 2.30. The first-order valence-electron chi connectivity index (χ1n) is 14.3. The molecule has 0 saturated carbocycles. The zero-order valence-electron chi connectivity index (χ0n) is 24.1. The fourth-order valence-corrected chi connectivity index (χ4v) is 4.07. The number of nitro groups is 1. The summed E-state index contributed by atoms with van der Waals surface area (Å²) in [6, 6.07) is 18.1. The predicted octanol–water partition coefficient (Wildman–Crippen LogP) is 8.42. The number of carbonyl (C=O) groups excluding carboxylic acids is 2. The van der Waals surface area contributed by atoms with Crippen molar-refractivity contribution in [1.29, 1.82) is 0 Å². The van der Waals surface area contributed by atoms with E-state index in [-0.39, 0.29) is 28.9 Å². The molecule has 0 amide bonds. The van der Waals surface area contributed by atoms with Gasteiger partial charge >= 0.3 is 17.6 Å². The molecule has 8 heteroatoms. The van der Waals surface area contributed by atoms with Crippen molar-refractivity contribution in [2.45, 2.75) is 65.7 Å². The summed E-state index contributed by atoms with van der Waals surface area (Å²) in [6.45, 7) is 6.97. The number of nitrogens with zero attached hydrogens (tertiary/aromatic N) is 1. The Labute approximate surface area is 241 Å². The molecule has 3 aromatic rings. The largest absolute Gasteiger partial charge is 0.487 e. The molecular formula is C33H39NO7. The van der Waals surface area contributed by atoms with Crippen LogP contribution >= 0.6 is 0 Å². The molecule has 218 valence electrons. The van der Waals surface area contributed by atoms with E-state index in [9.17, 15) is 19.7 Å². The van der Waals surface area contributed by atoms with Crippen LogP contribution in [-0.2, 0) is 4.74 Å². The Morgan fingerprint density at radius 3 is 2.05 bits per heavy atom. The molecule has 0 heterocycles. The third-order valence-electron chi connectivity index (χ3n) is 6.86. The second-order valence-electron chi connectivity index (χ2n) is 10.2. The van der Waals surface area contributed by atoms with E-state index in [0.29, 0.717) is 24.5 Å². The van der Waals surface area contributed by atoms with Crippen molar-refractivity contribution in [3.05, 3.63) is 88.0 Å². The number of carbonyl (C=O) groups is 2. The SMILES string of the molecule is CCCCCCCCOC(=O)c1ccc(-c2ccc(OC(=O)c3ccc(OC[C@@H](C)CC)c([N+](=O)[O-])c3)cc2)cc1. The number of hydrogen-bond donors (Lipinski definition) is 0. The molecule has 0 aliphatic carbocycles. The molecule has 41 heavy (non-hydrogen) atoms. The summed E-state index contributed by atoms with van der Waals surface area (Å²) < 4.78 is 16.4. The molecule has 0 spiro atoms. The highest BCUT2D eigenvalue weighted by Gasteiger charge is 2.20. The molecular weight excluding hydrogens is 522 g/mol. The number of nitro benzene ring substituents is 1. The summed E-state index contributed by atoms with van der Waals surface area (Å²) in [7, 11) is 0. The second kappa shape index (κ2) is 16.2. The quantitative estimate of drug-likeness (QED) is 0.0568. The normalized spacial score (nSPS) is 11.5. The van der Waals surface area contributed by atoms with Crippen LogP contribution in [0.3, 0.4) is 0 Å². The van der Waals surface area contributed by atoms with E-state index in [1.165, 1.54) is 43.9 Å². The van der Waals surface area contributed by atoms with Crippen LogP contribution in [0, 0.1) is 16.0 Å². The predicted molar refractivity (Wildman–Crippen MR) is 159 cm³/mol. The van der Waals surface area contributed by atoms with Gasteiger partial charge in [0.05, 0.1) is 29.3 Å². The number of rotatable bonds is 16. The van der Waals surface area contributed by atoms with Crippen LogP contribution in [0.15, 0.2) is 66.7 Å². The molecule has 3 rings (SSSR count). The van der Waals surface area contributed by atoms with E-state index in [4.69, 9.17) is 14.2 Å². The molecule has 0 unspecified atom stereocenters. The Morgan fingerprint density at radius 2 is 1.41 bits per heavy atom. The Kier molecular flexibility index (Phi) is 12.3. The highest BCUT2D eigenvalue weighted by atomic mass is 16.6. The molecule has 0 radical (unpaired) electrons. The Hall–Kier alpha value is -4.20. The van der Waals surface area contributed by atoms with Gasteiger partial charge in [-0.05, 0) is 59.9 Å². The van der Waals surface area contributed by atoms with Gasteiger partial charge in [0.25, 0.3) is 0 Å². The van der Waals surface area contributed by atoms with Gasteiger partial charge < -0.3 is 14.2 Å². The summed E-state index contributed by atoms with van der Waals surface area (Å²) in [4.78, 5) is 36.0. The van der Waals surface area contributed by atoms with E-state index in [2.05, 4.69) is 6.92 Å². The fourth-order valence-electron chi connectivity index (χ4n) is 4.07. The molecule has 0 aromatic heterocycles. The van der Waals surface area contributed by atoms with Gasteiger partial charge in [0.2, 0.25) is 0 Å². The Morgan fingerprint density at radius 1 is 0.805 bits per heavy atom. The average molecular weight is 562 g/mol. The highest BCUT2D eigenvalue weighted by molar-refractivity contribution is 5.92. The molecule has 0 fully saturated rings. The van der Waals surface area contributed by atoms with E-state index >= 15 is 0 Å². The van der Waals surface area contributed by atoms with Crippen LogP contribution in [-0.4, -0.2) is 30.1 Å². The third-order valence-corrected chi connectivity index (χ3v) is 6.86. The molecule has 3 aromatic carbocycles. The van der Waals surface area contributed by atoms with E-state index in [1.807, 2.05) is 26.0 Å². The van der Waals surface area contributed by atoms with Crippen LogP contribution in [0.1, 0.15) is 86.4 Å². The lowest BCUT2D eigenvalue weighted by Crippen LogP contribution is -2.11. The van der Waals surface area contributed by atoms with Crippen molar-refractivity contribution in [2.24, 2.45) is 5.92 Å². The summed E-state index contributed by atoms with van der Waals surface area (Å²) in [6.07, 6.45) is 7.68. The van der Waals surface area contributed by atoms with Crippen molar-refractivity contribution in [2.75, 3.05) is 13.2 Å². The maximum absolute atomic E-state index is 12.7. The summed E-state index contributed by atoms with van der Waals surface area (Å²) in [5.41, 5.74) is 2.02. The van der Waals surface area contributed by atoms with Gasteiger partial charge in [-0.2, -0.15) is 0 Å². The van der Waals surface area contributed by atoms with Crippen molar-refractivity contribution in [3.63, 3.8) is 0 Å². The molecule has 0 aliphatic heterocycles. The Balaban J connectivity index is 1.55. The van der Waals surface area contributed by atoms with Crippen LogP contribution in [0.4, 0.5) is 5.69 Å². The van der Waals surface area contributed by atoms with Gasteiger partial charge in [0, 0.05) is 6.07 Å². The van der Waals surface area contributed by atoms with Gasteiger partial charge in [-0.3, -0.25) is 10.1 Å². The average Bonchev–Trinajstić information content (AvgIpc) is 2.99. The monoisotopic (exact) mass is 561 g/mol. The molecule has 8 nitrogen and oxygen atoms in total. The van der Waals surface area contributed by atoms with Gasteiger partial charge in [0.1, 0.15) is 5.75 Å². The molecule has 0 saturated heterocycles. The lowest BCUT2D eigenvalue weighted by molar-refractivity contribution is -0.385. The number of benzene rings is 3. The maximum Gasteiger partial charge on any atom is 0.343 e. The topological polar surface area (TPSA) is 105 Å². The summed E-state index contributed by atoms with van der Waals surface area (Å²) in [5.74, 6) is -0.376. The Bertz CT molecular complexity index is 1290. The van der Waals surface area contributed by atoms with Crippen LogP contribution in [0.2, 0.25) is 0 Å². The number of unbranched alkanes of at least 4 members (excludes halogenated alkanes) is 5. The summed E-state index contributed by atoms with van der Waals surface area (Å²) >= 11 is 0. The van der Waals surface area contributed by atoms with Crippen molar-refractivity contribution in [1.82, 2.24) is 0 Å². The van der Waals surface area contributed by atoms with Crippen LogP contribution in [0.5, 0.6) is 11.5 Å². The minimum absolute atomic E-state index is 0.0515. The number of esters is 2. The van der Waals surface area contributed by atoms with E-state index in [1.54, 1.807) is 36.4 Å². The molecule has 1 atom stereocenters. The van der Waals surface area contributed by atoms with Gasteiger partial charge in [-0.1, -0.05) is 83.6 Å². The molecule has 0 N–H and O–H groups in total. The first kappa shape index (κ1) is 31.3. The van der Waals surface area contributed by atoms with Crippen LogP contribution < -0.4 is 9.47 Å². The lowest BCUT2D eigenvalue weighted by Gasteiger charge is -2.12.